The molecule has 0 aromatic carbocycles. The molecule has 2 aromatic heterocycles. The summed E-state index contributed by atoms with van der Waals surface area (Å²) in [6, 6.07) is 0. The van der Waals surface area contributed by atoms with Crippen LogP contribution in [-0.4, -0.2) is 45.8 Å². The summed E-state index contributed by atoms with van der Waals surface area (Å²) in [7, 11) is 3.24. The minimum Gasteiger partial charge on any atom is -0.384 e. The number of rotatable bonds is 7. The van der Waals surface area contributed by atoms with E-state index in [4.69, 9.17) is 4.74 Å². The lowest BCUT2D eigenvalue weighted by Gasteiger charge is -1.99. The van der Waals surface area contributed by atoms with Gasteiger partial charge in [-0.3, -0.25) is 9.48 Å². The van der Waals surface area contributed by atoms with Crippen LogP contribution in [-0.2, 0) is 22.5 Å². The average Bonchev–Trinajstić information content (AvgIpc) is 3.06. The highest BCUT2D eigenvalue weighted by molar-refractivity contribution is 7.09. The lowest BCUT2D eigenvalue weighted by atomic mass is 10.4. The highest BCUT2D eigenvalue weighted by Gasteiger charge is 2.07. The van der Waals surface area contributed by atoms with Gasteiger partial charge in [0.2, 0.25) is 11.0 Å². The van der Waals surface area contributed by atoms with Gasteiger partial charge >= 0.3 is 0 Å². The van der Waals surface area contributed by atoms with Crippen molar-refractivity contribution in [3.8, 4) is 0 Å². The highest BCUT2D eigenvalue weighted by Crippen LogP contribution is 2.17. The Hall–Kier alpha value is -2.00. The van der Waals surface area contributed by atoms with Crippen molar-refractivity contribution in [2.45, 2.75) is 13.0 Å². The second kappa shape index (κ2) is 6.96. The third-order valence-corrected chi connectivity index (χ3v) is 3.14. The van der Waals surface area contributed by atoms with E-state index in [2.05, 4.69) is 25.1 Å². The predicted octanol–water partition coefficient (Wildman–Crippen LogP) is 0.413. The molecule has 0 fully saturated rings. The van der Waals surface area contributed by atoms with Gasteiger partial charge in [0.25, 0.3) is 0 Å². The summed E-state index contributed by atoms with van der Waals surface area (Å²) in [5.41, 5.74) is 0.767. The number of nitrogens with zero attached hydrogens (tertiary/aromatic N) is 4. The molecule has 0 atom stereocenters. The molecule has 2 aromatic rings. The molecule has 8 nitrogen and oxygen atoms in total. The first-order chi connectivity index (χ1) is 9.71. The summed E-state index contributed by atoms with van der Waals surface area (Å²) >= 11 is 1.28. The molecule has 0 saturated carbocycles. The number of ether oxygens (including phenoxy) is 1. The number of carbonyl (C=O) groups excluding carboxylic acids is 1. The third kappa shape index (κ3) is 4.00. The second-order valence-corrected chi connectivity index (χ2v) is 4.74. The van der Waals surface area contributed by atoms with Crippen molar-refractivity contribution in [3.63, 3.8) is 0 Å². The number of hydrogen-bond acceptors (Lipinski definition) is 7. The first-order valence-corrected chi connectivity index (χ1v) is 6.80. The van der Waals surface area contributed by atoms with Crippen molar-refractivity contribution in [3.05, 3.63) is 18.2 Å². The normalized spacial score (nSPS) is 10.5. The zero-order chi connectivity index (χ0) is 14.4. The molecule has 1 amide bonds. The molecule has 2 heterocycles. The van der Waals surface area contributed by atoms with Crippen molar-refractivity contribution in [1.82, 2.24) is 24.5 Å². The number of amides is 1. The number of nitrogens with one attached hydrogen (secondary N) is 2. The first kappa shape index (κ1) is 14.4. The van der Waals surface area contributed by atoms with Gasteiger partial charge in [0.15, 0.2) is 0 Å². The van der Waals surface area contributed by atoms with Crippen molar-refractivity contribution in [2.75, 3.05) is 26.1 Å². The minimum absolute atomic E-state index is 0.0996. The number of methoxy groups -OCH3 is 1. The summed E-state index contributed by atoms with van der Waals surface area (Å²) in [6.45, 7) is 0.785. The van der Waals surface area contributed by atoms with Gasteiger partial charge in [-0.25, -0.2) is 4.98 Å². The van der Waals surface area contributed by atoms with Crippen molar-refractivity contribution in [1.29, 1.82) is 0 Å². The van der Waals surface area contributed by atoms with E-state index in [0.29, 0.717) is 18.2 Å². The Morgan fingerprint density at radius 3 is 3.15 bits per heavy atom. The maximum absolute atomic E-state index is 11.2. The number of likely N-dealkylation sites (N-methyl/N-ethyl adjacent to an activating group) is 1. The molecular formula is C11H16N6O2S. The summed E-state index contributed by atoms with van der Waals surface area (Å²) in [6.07, 6.45) is 4.06. The van der Waals surface area contributed by atoms with Gasteiger partial charge < -0.3 is 15.4 Å². The quantitative estimate of drug-likeness (QED) is 0.769. The molecule has 2 rings (SSSR count). The van der Waals surface area contributed by atoms with Crippen molar-refractivity contribution < 1.29 is 9.53 Å². The largest absolute Gasteiger partial charge is 0.384 e. The van der Waals surface area contributed by atoms with E-state index in [1.54, 1.807) is 31.2 Å². The SMILES string of the molecule is CNC(=O)Cn1cc(Nc2nc(CCOC)ns2)cn1. The fourth-order valence-corrected chi connectivity index (χ4v) is 2.10. The fourth-order valence-electron chi connectivity index (χ4n) is 1.46. The van der Waals surface area contributed by atoms with Gasteiger partial charge in [-0.05, 0) is 0 Å². The van der Waals surface area contributed by atoms with Crippen LogP contribution in [0.4, 0.5) is 10.8 Å². The predicted molar refractivity (Wildman–Crippen MR) is 75.1 cm³/mol. The topological polar surface area (TPSA) is 94.0 Å². The summed E-state index contributed by atoms with van der Waals surface area (Å²) in [5.74, 6) is 0.648. The molecule has 0 aliphatic rings. The molecule has 108 valence electrons. The number of carbonyl (C=O) groups is 1. The van der Waals surface area contributed by atoms with E-state index in [1.165, 1.54) is 11.5 Å². The Balaban J connectivity index is 1.92. The van der Waals surface area contributed by atoms with E-state index >= 15 is 0 Å². The van der Waals surface area contributed by atoms with Crippen LogP contribution >= 0.6 is 11.5 Å². The van der Waals surface area contributed by atoms with Gasteiger partial charge in [0, 0.05) is 38.3 Å². The van der Waals surface area contributed by atoms with Crippen LogP contribution in [0, 0.1) is 0 Å². The number of aromatic nitrogens is 4. The van der Waals surface area contributed by atoms with E-state index in [0.717, 1.165) is 11.5 Å². The van der Waals surface area contributed by atoms with Crippen molar-refractivity contribution >= 4 is 28.3 Å². The Bertz CT molecular complexity index is 567. The van der Waals surface area contributed by atoms with Crippen LogP contribution in [0.25, 0.3) is 0 Å². The van der Waals surface area contributed by atoms with Crippen LogP contribution in [0.5, 0.6) is 0 Å². The Morgan fingerprint density at radius 2 is 2.40 bits per heavy atom. The molecule has 0 bridgehead atoms. The lowest BCUT2D eigenvalue weighted by Crippen LogP contribution is -2.23. The summed E-state index contributed by atoms with van der Waals surface area (Å²) in [4.78, 5) is 15.6. The Morgan fingerprint density at radius 1 is 1.55 bits per heavy atom. The van der Waals surface area contributed by atoms with E-state index < -0.39 is 0 Å². The lowest BCUT2D eigenvalue weighted by molar-refractivity contribution is -0.121. The van der Waals surface area contributed by atoms with E-state index in [1.807, 2.05) is 0 Å². The van der Waals surface area contributed by atoms with Crippen LogP contribution in [0.1, 0.15) is 5.82 Å². The summed E-state index contributed by atoms with van der Waals surface area (Å²) < 4.78 is 10.7. The van der Waals surface area contributed by atoms with Crippen LogP contribution in [0.3, 0.4) is 0 Å². The molecule has 0 unspecified atom stereocenters. The minimum atomic E-state index is -0.0996. The molecule has 0 aliphatic heterocycles. The molecule has 9 heteroatoms. The highest BCUT2D eigenvalue weighted by atomic mass is 32.1. The maximum Gasteiger partial charge on any atom is 0.241 e. The van der Waals surface area contributed by atoms with Gasteiger partial charge in [-0.2, -0.15) is 9.47 Å². The number of anilines is 2. The zero-order valence-corrected chi connectivity index (χ0v) is 12.1. The van der Waals surface area contributed by atoms with Gasteiger partial charge in [-0.1, -0.05) is 0 Å². The molecule has 2 N–H and O–H groups in total. The fraction of sp³-hybridized carbons (Fsp3) is 0.455. The average molecular weight is 296 g/mol. The Kier molecular flexibility index (Phi) is 5.02. The second-order valence-electron chi connectivity index (χ2n) is 3.98. The van der Waals surface area contributed by atoms with Crippen LogP contribution in [0.2, 0.25) is 0 Å². The molecule has 0 saturated heterocycles. The molecule has 20 heavy (non-hydrogen) atoms. The van der Waals surface area contributed by atoms with Crippen LogP contribution < -0.4 is 10.6 Å². The van der Waals surface area contributed by atoms with Gasteiger partial charge in [-0.15, -0.1) is 0 Å². The van der Waals surface area contributed by atoms with Gasteiger partial charge in [0.1, 0.15) is 12.4 Å². The monoisotopic (exact) mass is 296 g/mol. The maximum atomic E-state index is 11.2. The van der Waals surface area contributed by atoms with Gasteiger partial charge in [0.05, 0.1) is 18.5 Å². The molecule has 0 spiro atoms. The third-order valence-electron chi connectivity index (χ3n) is 2.47. The first-order valence-electron chi connectivity index (χ1n) is 6.03. The smallest absolute Gasteiger partial charge is 0.241 e. The Labute approximate surface area is 120 Å². The standard InChI is InChI=1S/C11H16N6O2S/c1-12-10(18)7-17-6-8(5-13-17)14-11-15-9(16-20-11)3-4-19-2/h5-6H,3-4,7H2,1-2H3,(H,12,18)(H,14,15,16). The van der Waals surface area contributed by atoms with Crippen molar-refractivity contribution in [2.24, 2.45) is 0 Å². The zero-order valence-electron chi connectivity index (χ0n) is 11.3. The van der Waals surface area contributed by atoms with E-state index in [9.17, 15) is 4.79 Å². The van der Waals surface area contributed by atoms with Crippen LogP contribution in [0.15, 0.2) is 12.4 Å². The molecule has 0 aliphatic carbocycles. The van der Waals surface area contributed by atoms with E-state index in [-0.39, 0.29) is 12.5 Å². The summed E-state index contributed by atoms with van der Waals surface area (Å²) in [5, 5.41) is 10.4. The molecule has 0 radical (unpaired) electrons. The molecular weight excluding hydrogens is 280 g/mol. The number of hydrogen-bond donors (Lipinski definition) is 2.